The van der Waals surface area contributed by atoms with Gasteiger partial charge in [0.25, 0.3) is 5.91 Å². The average molecular weight is 405 g/mol. The number of hydrogen-bond donors (Lipinski definition) is 2. The van der Waals surface area contributed by atoms with E-state index in [1.54, 1.807) is 24.3 Å². The first-order chi connectivity index (χ1) is 13.1. The highest BCUT2D eigenvalue weighted by Gasteiger charge is 2.34. The minimum Gasteiger partial charge on any atom is -0.476 e. The Hall–Kier alpha value is -3.06. The number of carbonyl (C=O) groups excluding carboxylic acids is 3. The van der Waals surface area contributed by atoms with Crippen molar-refractivity contribution >= 4 is 35.1 Å². The number of rotatable bonds is 7. The molecule has 148 valence electrons. The Bertz CT molecular complexity index is 863. The number of ether oxygens (including phenoxy) is 2. The zero-order chi connectivity index (χ0) is 20.9. The second-order valence-electron chi connectivity index (χ2n) is 6.54. The van der Waals surface area contributed by atoms with Crippen molar-refractivity contribution in [2.24, 2.45) is 5.73 Å². The van der Waals surface area contributed by atoms with Crippen molar-refractivity contribution in [3.63, 3.8) is 0 Å². The van der Waals surface area contributed by atoms with Crippen LogP contribution in [-0.4, -0.2) is 29.5 Å². The van der Waals surface area contributed by atoms with Gasteiger partial charge in [-0.15, -0.1) is 0 Å². The SMILES string of the molecule is C[C@@H](OC(=O)C(C)(C)Oc1ccc(Cl)cc1)C(=O)Nc1ccc(C(N)=O)cc1. The Kier molecular flexibility index (Phi) is 6.64. The largest absolute Gasteiger partial charge is 0.476 e. The summed E-state index contributed by atoms with van der Waals surface area (Å²) in [7, 11) is 0. The highest BCUT2D eigenvalue weighted by molar-refractivity contribution is 6.30. The van der Waals surface area contributed by atoms with Gasteiger partial charge in [0.15, 0.2) is 11.7 Å². The fraction of sp³-hybridized carbons (Fsp3) is 0.250. The van der Waals surface area contributed by atoms with Gasteiger partial charge in [-0.05, 0) is 69.3 Å². The average Bonchev–Trinajstić information content (AvgIpc) is 2.63. The predicted molar refractivity (Wildman–Crippen MR) is 105 cm³/mol. The first-order valence-electron chi connectivity index (χ1n) is 8.45. The molecule has 0 aliphatic carbocycles. The van der Waals surface area contributed by atoms with Gasteiger partial charge >= 0.3 is 5.97 Å². The summed E-state index contributed by atoms with van der Waals surface area (Å²) in [6, 6.07) is 12.6. The highest BCUT2D eigenvalue weighted by atomic mass is 35.5. The zero-order valence-electron chi connectivity index (χ0n) is 15.7. The summed E-state index contributed by atoms with van der Waals surface area (Å²) in [5.74, 6) is -1.35. The highest BCUT2D eigenvalue weighted by Crippen LogP contribution is 2.22. The molecule has 0 spiro atoms. The van der Waals surface area contributed by atoms with E-state index in [9.17, 15) is 14.4 Å². The van der Waals surface area contributed by atoms with Crippen LogP contribution >= 0.6 is 11.6 Å². The van der Waals surface area contributed by atoms with Gasteiger partial charge in [-0.25, -0.2) is 4.79 Å². The second-order valence-corrected chi connectivity index (χ2v) is 6.98. The fourth-order valence-corrected chi connectivity index (χ4v) is 2.28. The Morgan fingerprint density at radius 1 is 1.04 bits per heavy atom. The van der Waals surface area contributed by atoms with E-state index in [0.29, 0.717) is 22.0 Å². The van der Waals surface area contributed by atoms with Crippen LogP contribution in [0.15, 0.2) is 48.5 Å². The number of nitrogens with one attached hydrogen (secondary N) is 1. The van der Waals surface area contributed by atoms with Crippen molar-refractivity contribution in [1.82, 2.24) is 0 Å². The van der Waals surface area contributed by atoms with Crippen LogP contribution < -0.4 is 15.8 Å². The standard InChI is InChI=1S/C20H21ClN2O5/c1-12(18(25)23-15-8-4-13(5-9-15)17(22)24)27-19(26)20(2,3)28-16-10-6-14(21)7-11-16/h4-12H,1-3H3,(H2,22,24)(H,23,25)/t12-/m1/s1. The van der Waals surface area contributed by atoms with Gasteiger partial charge < -0.3 is 20.5 Å². The molecule has 0 aliphatic heterocycles. The second kappa shape index (κ2) is 8.75. The van der Waals surface area contributed by atoms with Gasteiger partial charge in [0.1, 0.15) is 5.75 Å². The molecule has 0 unspecified atom stereocenters. The molecule has 0 saturated heterocycles. The smallest absolute Gasteiger partial charge is 0.350 e. The molecule has 0 aliphatic rings. The molecule has 2 amide bonds. The summed E-state index contributed by atoms with van der Waals surface area (Å²) < 4.78 is 10.9. The maximum absolute atomic E-state index is 12.4. The number of primary amides is 1. The van der Waals surface area contributed by atoms with E-state index in [4.69, 9.17) is 26.8 Å². The lowest BCUT2D eigenvalue weighted by Gasteiger charge is -2.26. The van der Waals surface area contributed by atoms with Crippen LogP contribution in [0.2, 0.25) is 5.02 Å². The van der Waals surface area contributed by atoms with Crippen molar-refractivity contribution < 1.29 is 23.9 Å². The predicted octanol–water partition coefficient (Wildman–Crippen LogP) is 3.17. The Morgan fingerprint density at radius 3 is 2.14 bits per heavy atom. The molecule has 0 saturated carbocycles. The Labute approximate surface area is 167 Å². The topological polar surface area (TPSA) is 108 Å². The fourth-order valence-electron chi connectivity index (χ4n) is 2.16. The molecule has 0 aromatic heterocycles. The van der Waals surface area contributed by atoms with Crippen LogP contribution in [0.3, 0.4) is 0 Å². The van der Waals surface area contributed by atoms with Crippen molar-refractivity contribution in [3.05, 3.63) is 59.1 Å². The minimum atomic E-state index is -1.31. The number of esters is 1. The molecule has 0 radical (unpaired) electrons. The molecule has 7 nitrogen and oxygen atoms in total. The van der Waals surface area contributed by atoms with Crippen LogP contribution in [0, 0.1) is 0 Å². The van der Waals surface area contributed by atoms with Crippen LogP contribution in [0.1, 0.15) is 31.1 Å². The maximum Gasteiger partial charge on any atom is 0.350 e. The number of amides is 2. The lowest BCUT2D eigenvalue weighted by Crippen LogP contribution is -2.43. The summed E-state index contributed by atoms with van der Waals surface area (Å²) in [6.07, 6.45) is -1.06. The van der Waals surface area contributed by atoms with E-state index in [0.717, 1.165) is 0 Å². The number of benzene rings is 2. The van der Waals surface area contributed by atoms with E-state index >= 15 is 0 Å². The van der Waals surface area contributed by atoms with E-state index in [-0.39, 0.29) is 0 Å². The molecule has 1 atom stereocenters. The van der Waals surface area contributed by atoms with Gasteiger partial charge in [0.05, 0.1) is 0 Å². The number of halogens is 1. The minimum absolute atomic E-state index is 0.318. The number of anilines is 1. The van der Waals surface area contributed by atoms with Gasteiger partial charge in [0.2, 0.25) is 5.91 Å². The monoisotopic (exact) mass is 404 g/mol. The lowest BCUT2D eigenvalue weighted by atomic mass is 10.1. The first kappa shape index (κ1) is 21.2. The summed E-state index contributed by atoms with van der Waals surface area (Å²) in [5, 5.41) is 3.14. The quantitative estimate of drug-likeness (QED) is 0.689. The van der Waals surface area contributed by atoms with Crippen molar-refractivity contribution in [2.75, 3.05) is 5.32 Å². The van der Waals surface area contributed by atoms with Crippen LogP contribution in [0.5, 0.6) is 5.75 Å². The van der Waals surface area contributed by atoms with Crippen molar-refractivity contribution in [1.29, 1.82) is 0 Å². The normalized spacial score (nSPS) is 12.0. The molecule has 0 bridgehead atoms. The van der Waals surface area contributed by atoms with Crippen molar-refractivity contribution in [2.45, 2.75) is 32.5 Å². The first-order valence-corrected chi connectivity index (χ1v) is 8.82. The molecular formula is C20H21ClN2O5. The Morgan fingerprint density at radius 2 is 1.61 bits per heavy atom. The van der Waals surface area contributed by atoms with Gasteiger partial charge in [-0.1, -0.05) is 11.6 Å². The molecule has 28 heavy (non-hydrogen) atoms. The molecular weight excluding hydrogens is 384 g/mol. The van der Waals surface area contributed by atoms with Crippen molar-refractivity contribution in [3.8, 4) is 5.75 Å². The third-order valence-electron chi connectivity index (χ3n) is 3.77. The number of hydrogen-bond acceptors (Lipinski definition) is 5. The van der Waals surface area contributed by atoms with Gasteiger partial charge in [0, 0.05) is 16.3 Å². The van der Waals surface area contributed by atoms with Crippen LogP contribution in [0.4, 0.5) is 5.69 Å². The van der Waals surface area contributed by atoms with E-state index < -0.39 is 29.5 Å². The molecule has 3 N–H and O–H groups in total. The zero-order valence-corrected chi connectivity index (χ0v) is 16.4. The molecule has 2 aromatic rings. The third kappa shape index (κ3) is 5.72. The van der Waals surface area contributed by atoms with E-state index in [1.807, 2.05) is 0 Å². The Balaban J connectivity index is 1.94. The summed E-state index contributed by atoms with van der Waals surface area (Å²) in [5.41, 5.74) is 4.61. The lowest BCUT2D eigenvalue weighted by molar-refractivity contribution is -0.166. The molecule has 2 aromatic carbocycles. The van der Waals surface area contributed by atoms with E-state index in [2.05, 4.69) is 5.32 Å². The van der Waals surface area contributed by atoms with Gasteiger partial charge in [-0.2, -0.15) is 0 Å². The molecule has 2 rings (SSSR count). The molecule has 0 heterocycles. The maximum atomic E-state index is 12.4. The van der Waals surface area contributed by atoms with Crippen LogP contribution in [-0.2, 0) is 14.3 Å². The molecule has 8 heteroatoms. The van der Waals surface area contributed by atoms with E-state index in [1.165, 1.54) is 45.0 Å². The summed E-state index contributed by atoms with van der Waals surface area (Å²) >= 11 is 5.83. The number of carbonyl (C=O) groups is 3. The third-order valence-corrected chi connectivity index (χ3v) is 4.02. The summed E-state index contributed by atoms with van der Waals surface area (Å²) in [4.78, 5) is 35.7. The molecule has 0 fully saturated rings. The van der Waals surface area contributed by atoms with Crippen LogP contribution in [0.25, 0.3) is 0 Å². The van der Waals surface area contributed by atoms with Gasteiger partial charge in [-0.3, -0.25) is 9.59 Å². The summed E-state index contributed by atoms with van der Waals surface area (Å²) in [6.45, 7) is 4.53. The number of nitrogens with two attached hydrogens (primary N) is 1.